The van der Waals surface area contributed by atoms with Gasteiger partial charge >= 0.3 is 0 Å². The van der Waals surface area contributed by atoms with Crippen LogP contribution >= 0.6 is 0 Å². The number of aliphatic imine (C=N–C) groups is 1. The van der Waals surface area contributed by atoms with Crippen LogP contribution in [0.25, 0.3) is 0 Å². The van der Waals surface area contributed by atoms with Gasteiger partial charge in [-0.2, -0.15) is 0 Å². The fourth-order valence-corrected chi connectivity index (χ4v) is 5.73. The highest BCUT2D eigenvalue weighted by molar-refractivity contribution is 5.97. The summed E-state index contributed by atoms with van der Waals surface area (Å²) < 4.78 is 0. The van der Waals surface area contributed by atoms with Crippen molar-refractivity contribution in [2.24, 2.45) is 4.99 Å². The van der Waals surface area contributed by atoms with Crippen molar-refractivity contribution in [2.75, 3.05) is 33.2 Å². The Hall–Kier alpha value is -2.18. The maximum atomic E-state index is 5.35. The predicted molar refractivity (Wildman–Crippen MR) is 126 cm³/mol. The Labute approximate surface area is 186 Å². The first kappa shape index (κ1) is 20.7. The van der Waals surface area contributed by atoms with E-state index < -0.39 is 0 Å². The molecule has 0 aliphatic carbocycles. The zero-order valence-electron chi connectivity index (χ0n) is 19.4. The molecule has 5 heterocycles. The smallest absolute Gasteiger partial charge is 0.130 e. The zero-order valence-corrected chi connectivity index (χ0v) is 19.4. The molecule has 0 saturated carbocycles. The topological polar surface area (TPSA) is 47.0 Å². The molecule has 6 nitrogen and oxygen atoms in total. The number of allylic oxidation sites excluding steroid dienone is 2. The third-order valence-electron chi connectivity index (χ3n) is 7.87. The molecule has 0 radical (unpaired) electrons. The summed E-state index contributed by atoms with van der Waals surface area (Å²) in [7, 11) is 2.21. The highest BCUT2D eigenvalue weighted by Crippen LogP contribution is 2.41. The van der Waals surface area contributed by atoms with Gasteiger partial charge in [-0.1, -0.05) is 12.1 Å². The summed E-state index contributed by atoms with van der Waals surface area (Å²) in [6.07, 6.45) is 12.1. The third-order valence-corrected chi connectivity index (χ3v) is 7.87. The number of piperidine rings is 1. The lowest BCUT2D eigenvalue weighted by molar-refractivity contribution is 0.128. The highest BCUT2D eigenvalue weighted by Gasteiger charge is 2.50. The second-order valence-corrected chi connectivity index (χ2v) is 9.82. The van der Waals surface area contributed by atoms with Crippen LogP contribution < -0.4 is 5.32 Å². The number of nitrogens with zero attached hydrogens (tertiary/aromatic N) is 5. The number of hydrogen-bond acceptors (Lipinski definition) is 6. The minimum absolute atomic E-state index is 0.170. The standard InChI is InChI=1S/C25H36N6/c1-18-8-7-13-26-24(18)20-9-5-10-21(27-20)25(3)19(2)31-22(28-25)11-6-12-23(31)30-16-14-29(4)15-17-30/h6-8,11-13,19-21,27H,5,9-10,14-17H2,1-4H3/t19?,20-,21+,25-/m0/s1. The SMILES string of the molecule is Cc1cccnc1[C@@H]1CCC[C@H]([C@@]2(C)N=C3C=CC=C(N4CCN(C)CC4)N3C2C)N1. The molecule has 0 spiro atoms. The number of amidine groups is 1. The van der Waals surface area contributed by atoms with Gasteiger partial charge in [-0.05, 0) is 70.9 Å². The number of fused-ring (bicyclic) bond motifs is 1. The van der Waals surface area contributed by atoms with E-state index in [1.807, 2.05) is 12.3 Å². The van der Waals surface area contributed by atoms with Crippen LogP contribution in [0.2, 0.25) is 0 Å². The fraction of sp³-hybridized carbons (Fsp3) is 0.600. The Morgan fingerprint density at radius 3 is 2.74 bits per heavy atom. The fourth-order valence-electron chi connectivity index (χ4n) is 5.73. The maximum Gasteiger partial charge on any atom is 0.130 e. The lowest BCUT2D eigenvalue weighted by Crippen LogP contribution is -2.58. The molecular formula is C25H36N6. The van der Waals surface area contributed by atoms with Crippen molar-refractivity contribution in [2.45, 2.75) is 63.7 Å². The van der Waals surface area contributed by atoms with Crippen molar-refractivity contribution in [3.63, 3.8) is 0 Å². The molecule has 1 aromatic heterocycles. The molecule has 4 aliphatic heterocycles. The van der Waals surface area contributed by atoms with E-state index in [0.717, 1.165) is 44.9 Å². The number of piperazine rings is 1. The molecular weight excluding hydrogens is 384 g/mol. The van der Waals surface area contributed by atoms with Gasteiger partial charge in [0.1, 0.15) is 11.7 Å². The van der Waals surface area contributed by atoms with Crippen LogP contribution in [0.1, 0.15) is 50.4 Å². The number of rotatable bonds is 3. The number of aromatic nitrogens is 1. The number of pyridine rings is 1. The summed E-state index contributed by atoms with van der Waals surface area (Å²) >= 11 is 0. The Morgan fingerprint density at radius 1 is 1.16 bits per heavy atom. The van der Waals surface area contributed by atoms with Crippen molar-refractivity contribution in [3.05, 3.63) is 53.6 Å². The van der Waals surface area contributed by atoms with E-state index in [1.165, 1.54) is 23.5 Å². The van der Waals surface area contributed by atoms with Crippen LogP contribution in [0, 0.1) is 6.92 Å². The third kappa shape index (κ3) is 3.60. The summed E-state index contributed by atoms with van der Waals surface area (Å²) in [5.41, 5.74) is 2.30. The lowest BCUT2D eigenvalue weighted by atomic mass is 9.79. The van der Waals surface area contributed by atoms with E-state index >= 15 is 0 Å². The summed E-state index contributed by atoms with van der Waals surface area (Å²) in [6.45, 7) is 11.3. The van der Waals surface area contributed by atoms with E-state index in [-0.39, 0.29) is 5.54 Å². The average Bonchev–Trinajstić information content (AvgIpc) is 3.06. The molecule has 0 aromatic carbocycles. The van der Waals surface area contributed by atoms with E-state index in [2.05, 4.69) is 72.1 Å². The molecule has 31 heavy (non-hydrogen) atoms. The van der Waals surface area contributed by atoms with Crippen LogP contribution in [0.4, 0.5) is 0 Å². The summed E-state index contributed by atoms with van der Waals surface area (Å²) in [5.74, 6) is 2.43. The predicted octanol–water partition coefficient (Wildman–Crippen LogP) is 3.09. The summed E-state index contributed by atoms with van der Waals surface area (Å²) in [5, 5.41) is 3.97. The van der Waals surface area contributed by atoms with Crippen LogP contribution in [-0.4, -0.2) is 76.4 Å². The number of aryl methyl sites for hydroxylation is 1. The number of hydrogen-bond donors (Lipinski definition) is 1. The molecule has 2 saturated heterocycles. The van der Waals surface area contributed by atoms with Crippen molar-refractivity contribution in [3.8, 4) is 0 Å². The molecule has 1 N–H and O–H groups in total. The van der Waals surface area contributed by atoms with Gasteiger partial charge in [0.05, 0.1) is 23.3 Å². The molecule has 5 rings (SSSR count). The molecule has 4 aliphatic rings. The van der Waals surface area contributed by atoms with Gasteiger partial charge in [0.2, 0.25) is 0 Å². The van der Waals surface area contributed by atoms with E-state index in [9.17, 15) is 0 Å². The zero-order chi connectivity index (χ0) is 21.6. The monoisotopic (exact) mass is 420 g/mol. The minimum Gasteiger partial charge on any atom is -0.355 e. The molecule has 1 unspecified atom stereocenters. The molecule has 2 fully saturated rings. The lowest BCUT2D eigenvalue weighted by Gasteiger charge is -2.45. The van der Waals surface area contributed by atoms with Crippen LogP contribution in [0.3, 0.4) is 0 Å². The second kappa shape index (κ2) is 8.06. The quantitative estimate of drug-likeness (QED) is 0.814. The van der Waals surface area contributed by atoms with Gasteiger partial charge in [0, 0.05) is 38.4 Å². The first-order chi connectivity index (χ1) is 15.0. The van der Waals surface area contributed by atoms with Gasteiger partial charge in [0.15, 0.2) is 0 Å². The molecule has 6 heteroatoms. The summed E-state index contributed by atoms with van der Waals surface area (Å²) in [6, 6.07) is 5.15. The molecule has 166 valence electrons. The van der Waals surface area contributed by atoms with Crippen molar-refractivity contribution >= 4 is 5.84 Å². The van der Waals surface area contributed by atoms with Gasteiger partial charge < -0.3 is 20.0 Å². The Bertz CT molecular complexity index is 912. The average molecular weight is 421 g/mol. The highest BCUT2D eigenvalue weighted by atomic mass is 15.4. The second-order valence-electron chi connectivity index (χ2n) is 9.82. The van der Waals surface area contributed by atoms with Crippen LogP contribution in [0.15, 0.2) is 47.4 Å². The normalized spacial score (nSPS) is 33.9. The number of nitrogens with one attached hydrogen (secondary N) is 1. The first-order valence-corrected chi connectivity index (χ1v) is 11.9. The van der Waals surface area contributed by atoms with Gasteiger partial charge in [-0.3, -0.25) is 9.98 Å². The largest absolute Gasteiger partial charge is 0.355 e. The van der Waals surface area contributed by atoms with Crippen molar-refractivity contribution in [1.29, 1.82) is 0 Å². The van der Waals surface area contributed by atoms with E-state index in [4.69, 9.17) is 9.98 Å². The summed E-state index contributed by atoms with van der Waals surface area (Å²) in [4.78, 5) is 17.5. The Kier molecular flexibility index (Phi) is 5.39. The molecule has 0 bridgehead atoms. The molecule has 1 aromatic rings. The first-order valence-electron chi connectivity index (χ1n) is 11.9. The maximum absolute atomic E-state index is 5.35. The van der Waals surface area contributed by atoms with Gasteiger partial charge in [0.25, 0.3) is 0 Å². The van der Waals surface area contributed by atoms with Gasteiger partial charge in [-0.15, -0.1) is 0 Å². The van der Waals surface area contributed by atoms with Gasteiger partial charge in [-0.25, -0.2) is 0 Å². The van der Waals surface area contributed by atoms with Crippen LogP contribution in [0.5, 0.6) is 0 Å². The van der Waals surface area contributed by atoms with E-state index in [0.29, 0.717) is 18.1 Å². The van der Waals surface area contributed by atoms with Crippen molar-refractivity contribution in [1.82, 2.24) is 25.0 Å². The molecule has 0 amide bonds. The van der Waals surface area contributed by atoms with Crippen LogP contribution in [-0.2, 0) is 0 Å². The Balaban J connectivity index is 1.38. The Morgan fingerprint density at radius 2 is 1.97 bits per heavy atom. The number of likely N-dealkylation sites (N-methyl/N-ethyl adjacent to an activating group) is 1. The molecule has 4 atom stereocenters. The van der Waals surface area contributed by atoms with Crippen molar-refractivity contribution < 1.29 is 0 Å². The minimum atomic E-state index is -0.170. The van der Waals surface area contributed by atoms with E-state index in [1.54, 1.807) is 0 Å².